The molecule has 0 spiro atoms. The number of hydrogen-bond acceptors (Lipinski definition) is 2. The van der Waals surface area contributed by atoms with E-state index in [1.54, 1.807) is 0 Å². The molecule has 0 atom stereocenters. The van der Waals surface area contributed by atoms with Gasteiger partial charge in [0.05, 0.1) is 4.70 Å². The van der Waals surface area contributed by atoms with Crippen molar-refractivity contribution in [3.8, 4) is 0 Å². The maximum absolute atomic E-state index is 13.9. The van der Waals surface area contributed by atoms with Gasteiger partial charge >= 0.3 is 0 Å². The summed E-state index contributed by atoms with van der Waals surface area (Å²) in [5.74, 6) is 0.183. The lowest BCUT2D eigenvalue weighted by molar-refractivity contribution is 0.554. The maximum atomic E-state index is 13.9. The van der Waals surface area contributed by atoms with Crippen LogP contribution in [0, 0.1) is 17.6 Å². The topological polar surface area (TPSA) is 12.0 Å². The largest absolute Gasteiger partial charge is 0.312 e. The Kier molecular flexibility index (Phi) is 3.78. The normalized spacial score (nSPS) is 15.4. The van der Waals surface area contributed by atoms with Crippen LogP contribution in [0.25, 0.3) is 10.1 Å². The molecule has 4 heteroatoms. The summed E-state index contributed by atoms with van der Waals surface area (Å²) in [5, 5.41) is 4.20. The molecule has 1 fully saturated rings. The summed E-state index contributed by atoms with van der Waals surface area (Å²) in [6.07, 6.45) is 2.28. The molecule has 0 amide bonds. The van der Waals surface area contributed by atoms with Crippen molar-refractivity contribution < 1.29 is 8.78 Å². The zero-order chi connectivity index (χ0) is 14.3. The first-order valence-electron chi connectivity index (χ1n) is 7.17. The van der Waals surface area contributed by atoms with E-state index in [9.17, 15) is 8.78 Å². The van der Waals surface area contributed by atoms with E-state index in [1.807, 2.05) is 0 Å². The molecule has 1 aliphatic rings. The molecule has 1 heterocycles. The lowest BCUT2D eigenvalue weighted by Crippen LogP contribution is -2.18. The third-order valence-electron chi connectivity index (χ3n) is 3.65. The van der Waals surface area contributed by atoms with Crippen molar-refractivity contribution in [3.63, 3.8) is 0 Å². The first-order chi connectivity index (χ1) is 9.56. The number of fused-ring (bicyclic) bond motifs is 1. The summed E-state index contributed by atoms with van der Waals surface area (Å²) < 4.78 is 28.0. The van der Waals surface area contributed by atoms with Crippen molar-refractivity contribution in [2.75, 3.05) is 6.54 Å². The minimum Gasteiger partial charge on any atom is -0.312 e. The van der Waals surface area contributed by atoms with E-state index in [4.69, 9.17) is 0 Å². The van der Waals surface area contributed by atoms with Crippen LogP contribution in [0.2, 0.25) is 0 Å². The van der Waals surface area contributed by atoms with E-state index in [2.05, 4.69) is 19.2 Å². The van der Waals surface area contributed by atoms with Gasteiger partial charge in [0.25, 0.3) is 0 Å². The van der Waals surface area contributed by atoms with E-state index in [1.165, 1.54) is 27.8 Å². The quantitative estimate of drug-likeness (QED) is 0.835. The SMILES string of the molecule is CC(C)CNCc1sc2c(F)cc(F)cc2c1C1CC1. The minimum absolute atomic E-state index is 0.429. The van der Waals surface area contributed by atoms with E-state index in [0.29, 0.717) is 16.5 Å². The molecule has 2 aromatic rings. The fourth-order valence-corrected chi connectivity index (χ4v) is 3.86. The third kappa shape index (κ3) is 2.72. The van der Waals surface area contributed by atoms with E-state index in [-0.39, 0.29) is 0 Å². The fourth-order valence-electron chi connectivity index (χ4n) is 2.62. The van der Waals surface area contributed by atoms with Crippen LogP contribution < -0.4 is 5.32 Å². The molecule has 0 saturated heterocycles. The Bertz CT molecular complexity index is 629. The van der Waals surface area contributed by atoms with Gasteiger partial charge in [-0.1, -0.05) is 13.8 Å². The van der Waals surface area contributed by atoms with Crippen LogP contribution in [0.1, 0.15) is 43.0 Å². The highest BCUT2D eigenvalue weighted by molar-refractivity contribution is 7.19. The molecule has 3 rings (SSSR count). The second-order valence-corrected chi connectivity index (χ2v) is 7.11. The van der Waals surface area contributed by atoms with Crippen LogP contribution in [0.5, 0.6) is 0 Å². The highest BCUT2D eigenvalue weighted by Gasteiger charge is 2.30. The number of rotatable bonds is 5. The first kappa shape index (κ1) is 14.0. The molecule has 0 unspecified atom stereocenters. The van der Waals surface area contributed by atoms with Gasteiger partial charge in [0.1, 0.15) is 11.6 Å². The van der Waals surface area contributed by atoms with Crippen molar-refractivity contribution in [2.45, 2.75) is 39.2 Å². The van der Waals surface area contributed by atoms with Gasteiger partial charge in [-0.3, -0.25) is 0 Å². The molecule has 1 aliphatic carbocycles. The van der Waals surface area contributed by atoms with E-state index in [0.717, 1.165) is 37.4 Å². The number of benzene rings is 1. The predicted molar refractivity (Wildman–Crippen MR) is 80.3 cm³/mol. The Hall–Kier alpha value is -1.00. The van der Waals surface area contributed by atoms with Gasteiger partial charge < -0.3 is 5.32 Å². The van der Waals surface area contributed by atoms with Gasteiger partial charge in [0.2, 0.25) is 0 Å². The monoisotopic (exact) mass is 295 g/mol. The summed E-state index contributed by atoms with van der Waals surface area (Å²) in [6, 6.07) is 2.48. The van der Waals surface area contributed by atoms with Gasteiger partial charge in [0.15, 0.2) is 0 Å². The number of hydrogen-bond donors (Lipinski definition) is 1. The summed E-state index contributed by atoms with van der Waals surface area (Å²) in [4.78, 5) is 1.17. The lowest BCUT2D eigenvalue weighted by Gasteiger charge is -2.08. The summed E-state index contributed by atoms with van der Waals surface area (Å²) in [6.45, 7) is 6.02. The van der Waals surface area contributed by atoms with Crippen molar-refractivity contribution in [2.24, 2.45) is 5.92 Å². The molecule has 1 nitrogen and oxygen atoms in total. The second-order valence-electron chi connectivity index (χ2n) is 6.00. The lowest BCUT2D eigenvalue weighted by atomic mass is 10.1. The van der Waals surface area contributed by atoms with Crippen LogP contribution in [-0.4, -0.2) is 6.54 Å². The Balaban J connectivity index is 1.98. The molecular formula is C16H19F2NS. The van der Waals surface area contributed by atoms with E-state index < -0.39 is 11.6 Å². The molecule has 1 N–H and O–H groups in total. The van der Waals surface area contributed by atoms with Crippen LogP contribution in [0.3, 0.4) is 0 Å². The minimum atomic E-state index is -0.476. The average Bonchev–Trinajstić information content (AvgIpc) is 3.12. The zero-order valence-corrected chi connectivity index (χ0v) is 12.6. The van der Waals surface area contributed by atoms with Crippen LogP contribution in [-0.2, 0) is 6.54 Å². The van der Waals surface area contributed by atoms with Crippen molar-refractivity contribution in [3.05, 3.63) is 34.2 Å². The Morgan fingerprint density at radius 2 is 2.05 bits per heavy atom. The second kappa shape index (κ2) is 5.41. The fraction of sp³-hybridized carbons (Fsp3) is 0.500. The number of halogens is 2. The maximum Gasteiger partial charge on any atom is 0.143 e. The molecule has 1 saturated carbocycles. The molecule has 0 bridgehead atoms. The summed E-state index contributed by atoms with van der Waals surface area (Å²) in [7, 11) is 0. The molecule has 1 aromatic carbocycles. The highest BCUT2D eigenvalue weighted by Crippen LogP contribution is 2.48. The highest BCUT2D eigenvalue weighted by atomic mass is 32.1. The van der Waals surface area contributed by atoms with E-state index >= 15 is 0 Å². The van der Waals surface area contributed by atoms with Gasteiger partial charge in [-0.25, -0.2) is 8.78 Å². The first-order valence-corrected chi connectivity index (χ1v) is 7.99. The van der Waals surface area contributed by atoms with Crippen molar-refractivity contribution in [1.29, 1.82) is 0 Å². The smallest absolute Gasteiger partial charge is 0.143 e. The van der Waals surface area contributed by atoms with Crippen LogP contribution >= 0.6 is 11.3 Å². The molecule has 108 valence electrons. The zero-order valence-electron chi connectivity index (χ0n) is 11.8. The Labute approximate surface area is 122 Å². The van der Waals surface area contributed by atoms with Gasteiger partial charge in [-0.2, -0.15) is 0 Å². The van der Waals surface area contributed by atoms with Crippen LogP contribution in [0.15, 0.2) is 12.1 Å². The molecule has 0 aliphatic heterocycles. The van der Waals surface area contributed by atoms with Crippen molar-refractivity contribution >= 4 is 21.4 Å². The Morgan fingerprint density at radius 1 is 1.30 bits per heavy atom. The molecule has 20 heavy (non-hydrogen) atoms. The van der Waals surface area contributed by atoms with Gasteiger partial charge in [0, 0.05) is 22.9 Å². The molecule has 0 radical (unpaired) electrons. The third-order valence-corrected chi connectivity index (χ3v) is 4.88. The summed E-state index contributed by atoms with van der Waals surface area (Å²) in [5.41, 5.74) is 1.18. The van der Waals surface area contributed by atoms with Crippen molar-refractivity contribution in [1.82, 2.24) is 5.32 Å². The standard InChI is InChI=1S/C16H19F2NS/c1-9(2)7-19-8-14-15(10-3-4-10)12-5-11(17)6-13(18)16(12)20-14/h5-6,9-10,19H,3-4,7-8H2,1-2H3. The van der Waals surface area contributed by atoms with Gasteiger partial charge in [-0.05, 0) is 42.9 Å². The molecule has 1 aromatic heterocycles. The number of thiophene rings is 1. The van der Waals surface area contributed by atoms with Crippen LogP contribution in [0.4, 0.5) is 8.78 Å². The van der Waals surface area contributed by atoms with Gasteiger partial charge in [-0.15, -0.1) is 11.3 Å². The Morgan fingerprint density at radius 3 is 2.70 bits per heavy atom. The average molecular weight is 295 g/mol. The number of nitrogens with one attached hydrogen (secondary N) is 1. The summed E-state index contributed by atoms with van der Waals surface area (Å²) >= 11 is 1.48. The molecular weight excluding hydrogens is 276 g/mol. The predicted octanol–water partition coefficient (Wildman–Crippen LogP) is 4.80.